The number of rotatable bonds is 6. The maximum atomic E-state index is 12.0. The summed E-state index contributed by atoms with van der Waals surface area (Å²) in [6, 6.07) is 4.28. The SMILES string of the molecule is CC(Cc1ccsc1)NS(=O)(=O)c1ccc(C=O)o1. The molecule has 0 fully saturated rings. The molecule has 0 aliphatic carbocycles. The van der Waals surface area contributed by atoms with Gasteiger partial charge in [-0.15, -0.1) is 0 Å². The van der Waals surface area contributed by atoms with Crippen molar-refractivity contribution in [3.05, 3.63) is 40.3 Å². The van der Waals surface area contributed by atoms with Gasteiger partial charge in [0.05, 0.1) is 0 Å². The number of aldehydes is 1. The summed E-state index contributed by atoms with van der Waals surface area (Å²) in [5.74, 6) is -0.00846. The highest BCUT2D eigenvalue weighted by molar-refractivity contribution is 7.89. The molecule has 1 N–H and O–H groups in total. The molecule has 2 aromatic rings. The third-order valence-corrected chi connectivity index (χ3v) is 4.66. The van der Waals surface area contributed by atoms with Crippen LogP contribution in [0.3, 0.4) is 0 Å². The minimum Gasteiger partial charge on any atom is -0.440 e. The van der Waals surface area contributed by atoms with E-state index in [1.54, 1.807) is 18.3 Å². The molecule has 0 saturated heterocycles. The lowest BCUT2D eigenvalue weighted by molar-refractivity contribution is 0.109. The highest BCUT2D eigenvalue weighted by Gasteiger charge is 2.21. The van der Waals surface area contributed by atoms with Crippen LogP contribution in [-0.4, -0.2) is 20.7 Å². The van der Waals surface area contributed by atoms with E-state index in [-0.39, 0.29) is 16.9 Å². The van der Waals surface area contributed by atoms with E-state index in [0.29, 0.717) is 12.7 Å². The van der Waals surface area contributed by atoms with Gasteiger partial charge in [-0.2, -0.15) is 11.3 Å². The Bertz CT molecular complexity index is 643. The Kier molecular flexibility index (Phi) is 4.18. The van der Waals surface area contributed by atoms with Gasteiger partial charge < -0.3 is 4.42 Å². The second kappa shape index (κ2) is 5.68. The highest BCUT2D eigenvalue weighted by atomic mass is 32.2. The first-order valence-electron chi connectivity index (χ1n) is 5.59. The predicted octanol–water partition coefficient (Wildman–Crippen LogP) is 2.06. The number of hydrogen-bond donors (Lipinski definition) is 1. The Morgan fingerprint density at radius 1 is 1.42 bits per heavy atom. The van der Waals surface area contributed by atoms with Crippen LogP contribution in [0.25, 0.3) is 0 Å². The Labute approximate surface area is 115 Å². The van der Waals surface area contributed by atoms with Crippen molar-refractivity contribution in [1.29, 1.82) is 0 Å². The van der Waals surface area contributed by atoms with Crippen LogP contribution in [-0.2, 0) is 16.4 Å². The normalized spacial score (nSPS) is 13.3. The second-order valence-corrected chi connectivity index (χ2v) is 6.56. The van der Waals surface area contributed by atoms with Gasteiger partial charge in [0.2, 0.25) is 5.09 Å². The number of hydrogen-bond acceptors (Lipinski definition) is 5. The van der Waals surface area contributed by atoms with Crippen LogP contribution in [0.5, 0.6) is 0 Å². The molecule has 0 amide bonds. The van der Waals surface area contributed by atoms with E-state index in [9.17, 15) is 13.2 Å². The third-order valence-electron chi connectivity index (χ3n) is 2.46. The van der Waals surface area contributed by atoms with Crippen molar-refractivity contribution >= 4 is 27.6 Å². The molecule has 0 spiro atoms. The van der Waals surface area contributed by atoms with Gasteiger partial charge in [-0.1, -0.05) is 0 Å². The van der Waals surface area contributed by atoms with Gasteiger partial charge in [-0.25, -0.2) is 13.1 Å². The Morgan fingerprint density at radius 2 is 2.21 bits per heavy atom. The van der Waals surface area contributed by atoms with Gasteiger partial charge in [0, 0.05) is 6.04 Å². The Morgan fingerprint density at radius 3 is 2.79 bits per heavy atom. The fourth-order valence-corrected chi connectivity index (χ4v) is 3.53. The minimum atomic E-state index is -3.72. The van der Waals surface area contributed by atoms with E-state index in [0.717, 1.165) is 5.56 Å². The van der Waals surface area contributed by atoms with E-state index in [1.807, 2.05) is 16.8 Å². The average molecular weight is 299 g/mol. The van der Waals surface area contributed by atoms with Crippen molar-refractivity contribution in [2.45, 2.75) is 24.5 Å². The van der Waals surface area contributed by atoms with Gasteiger partial charge in [-0.3, -0.25) is 4.79 Å². The summed E-state index contributed by atoms with van der Waals surface area (Å²) in [4.78, 5) is 10.5. The Hall–Kier alpha value is -1.44. The molecule has 0 aliphatic rings. The zero-order valence-corrected chi connectivity index (χ0v) is 11.8. The summed E-state index contributed by atoms with van der Waals surface area (Å²) in [6.07, 6.45) is 1.07. The third kappa shape index (κ3) is 3.52. The van der Waals surface area contributed by atoms with Crippen molar-refractivity contribution in [2.75, 3.05) is 0 Å². The number of furan rings is 1. The van der Waals surface area contributed by atoms with Crippen molar-refractivity contribution in [1.82, 2.24) is 4.72 Å². The molecule has 2 aromatic heterocycles. The zero-order valence-electron chi connectivity index (χ0n) is 10.2. The minimum absolute atomic E-state index is 0.00846. The van der Waals surface area contributed by atoms with Crippen LogP contribution in [0.2, 0.25) is 0 Å². The molecule has 102 valence electrons. The maximum absolute atomic E-state index is 12.0. The lowest BCUT2D eigenvalue weighted by atomic mass is 10.1. The van der Waals surface area contributed by atoms with Crippen LogP contribution in [0.1, 0.15) is 23.0 Å². The molecule has 1 atom stereocenters. The van der Waals surface area contributed by atoms with E-state index in [4.69, 9.17) is 4.42 Å². The molecule has 0 aromatic carbocycles. The molecule has 5 nitrogen and oxygen atoms in total. The van der Waals surface area contributed by atoms with Gasteiger partial charge in [0.1, 0.15) is 0 Å². The topological polar surface area (TPSA) is 76.4 Å². The summed E-state index contributed by atoms with van der Waals surface area (Å²) in [7, 11) is -3.72. The molecular formula is C12H13NO4S2. The van der Waals surface area contributed by atoms with Crippen molar-refractivity contribution < 1.29 is 17.6 Å². The predicted molar refractivity (Wildman–Crippen MR) is 71.9 cm³/mol. The van der Waals surface area contributed by atoms with Crippen LogP contribution in [0, 0.1) is 0 Å². The summed E-state index contributed by atoms with van der Waals surface area (Å²) in [5.41, 5.74) is 1.08. The van der Waals surface area contributed by atoms with Gasteiger partial charge in [-0.05, 0) is 47.9 Å². The first-order chi connectivity index (χ1) is 9.01. The molecule has 1 unspecified atom stereocenters. The first kappa shape index (κ1) is 14.0. The van der Waals surface area contributed by atoms with Crippen molar-refractivity contribution in [3.63, 3.8) is 0 Å². The lowest BCUT2D eigenvalue weighted by Gasteiger charge is -2.11. The van der Waals surface area contributed by atoms with Crippen molar-refractivity contribution in [3.8, 4) is 0 Å². The maximum Gasteiger partial charge on any atom is 0.274 e. The van der Waals surface area contributed by atoms with Crippen LogP contribution in [0.15, 0.2) is 38.5 Å². The summed E-state index contributed by atoms with van der Waals surface area (Å²) >= 11 is 1.57. The Balaban J connectivity index is 2.06. The molecule has 2 heterocycles. The van der Waals surface area contributed by atoms with E-state index < -0.39 is 10.0 Å². The highest BCUT2D eigenvalue weighted by Crippen LogP contribution is 2.14. The molecule has 0 radical (unpaired) electrons. The molecule has 7 heteroatoms. The van der Waals surface area contributed by atoms with Gasteiger partial charge in [0.15, 0.2) is 12.0 Å². The fraction of sp³-hybridized carbons (Fsp3) is 0.250. The molecule has 2 rings (SSSR count). The zero-order chi connectivity index (χ0) is 13.9. The molecular weight excluding hydrogens is 286 g/mol. The summed E-state index contributed by atoms with van der Waals surface area (Å²) in [5, 5.41) is 3.67. The van der Waals surface area contributed by atoms with E-state index >= 15 is 0 Å². The number of sulfonamides is 1. The monoisotopic (exact) mass is 299 g/mol. The van der Waals surface area contributed by atoms with Crippen LogP contribution >= 0.6 is 11.3 Å². The number of carbonyl (C=O) groups is 1. The molecule has 0 aliphatic heterocycles. The molecule has 19 heavy (non-hydrogen) atoms. The number of thiophene rings is 1. The average Bonchev–Trinajstić information content (AvgIpc) is 2.97. The van der Waals surface area contributed by atoms with E-state index in [2.05, 4.69) is 4.72 Å². The van der Waals surface area contributed by atoms with Crippen LogP contribution < -0.4 is 4.72 Å². The summed E-state index contributed by atoms with van der Waals surface area (Å²) in [6.45, 7) is 1.78. The lowest BCUT2D eigenvalue weighted by Crippen LogP contribution is -2.33. The number of nitrogens with one attached hydrogen (secondary N) is 1. The smallest absolute Gasteiger partial charge is 0.274 e. The summed E-state index contributed by atoms with van der Waals surface area (Å²) < 4.78 is 31.4. The van der Waals surface area contributed by atoms with E-state index in [1.165, 1.54) is 12.1 Å². The van der Waals surface area contributed by atoms with Crippen LogP contribution in [0.4, 0.5) is 0 Å². The van der Waals surface area contributed by atoms with Gasteiger partial charge in [0.25, 0.3) is 10.0 Å². The van der Waals surface area contributed by atoms with Gasteiger partial charge >= 0.3 is 0 Å². The first-order valence-corrected chi connectivity index (χ1v) is 8.02. The molecule has 0 saturated carbocycles. The quantitative estimate of drug-likeness (QED) is 0.828. The number of carbonyl (C=O) groups excluding carboxylic acids is 1. The largest absolute Gasteiger partial charge is 0.440 e. The second-order valence-electron chi connectivity index (χ2n) is 4.13. The molecule has 0 bridgehead atoms. The van der Waals surface area contributed by atoms with Crippen molar-refractivity contribution in [2.24, 2.45) is 0 Å². The standard InChI is InChI=1S/C12H13NO4S2/c1-9(6-10-4-5-18-8-10)13-19(15,16)12-3-2-11(7-14)17-12/h2-5,7-9,13H,6H2,1H3. The fourth-order valence-electron chi connectivity index (χ4n) is 1.67.